The van der Waals surface area contributed by atoms with E-state index in [-0.39, 0.29) is 23.3 Å². The number of aromatic nitrogens is 2. The molecule has 0 radical (unpaired) electrons. The van der Waals surface area contributed by atoms with E-state index in [2.05, 4.69) is 11.9 Å². The summed E-state index contributed by atoms with van der Waals surface area (Å²) in [5, 5.41) is 4.23. The number of hydrogen-bond acceptors (Lipinski definition) is 5. The van der Waals surface area contributed by atoms with Crippen molar-refractivity contribution in [3.63, 3.8) is 0 Å². The molecule has 0 fully saturated rings. The van der Waals surface area contributed by atoms with Gasteiger partial charge in [-0.3, -0.25) is 14.2 Å². The van der Waals surface area contributed by atoms with E-state index in [1.54, 1.807) is 22.0 Å². The predicted octanol–water partition coefficient (Wildman–Crippen LogP) is 3.14. The summed E-state index contributed by atoms with van der Waals surface area (Å²) in [7, 11) is 0. The molecule has 0 bridgehead atoms. The third-order valence-corrected chi connectivity index (χ3v) is 6.30. The molecule has 2 aromatic heterocycles. The number of aryl methyl sites for hydroxylation is 2. The van der Waals surface area contributed by atoms with Gasteiger partial charge in [-0.1, -0.05) is 17.8 Å². The third kappa shape index (κ3) is 3.82. The largest absolute Gasteiger partial charge is 0.353 e. The van der Waals surface area contributed by atoms with Crippen LogP contribution in [0.15, 0.2) is 22.6 Å². The second-order valence-corrected chi connectivity index (χ2v) is 8.53. The molecule has 25 heavy (non-hydrogen) atoms. The molecule has 2 aromatic rings. The monoisotopic (exact) mass is 377 g/mol. The predicted molar refractivity (Wildman–Crippen MR) is 105 cm³/mol. The molecule has 2 heterocycles. The van der Waals surface area contributed by atoms with E-state index in [9.17, 15) is 9.59 Å². The van der Waals surface area contributed by atoms with Gasteiger partial charge in [0.15, 0.2) is 5.16 Å². The summed E-state index contributed by atoms with van der Waals surface area (Å²) >= 11 is 2.95. The number of carbonyl (C=O) groups is 1. The molecule has 1 amide bonds. The second kappa shape index (κ2) is 7.74. The first kappa shape index (κ1) is 18.2. The molecule has 0 aliphatic heterocycles. The number of carbonyl (C=O) groups excluding carboxylic acids is 1. The molecule has 0 spiro atoms. The summed E-state index contributed by atoms with van der Waals surface area (Å²) in [5.74, 6) is 0.197. The van der Waals surface area contributed by atoms with Crippen LogP contribution < -0.4 is 10.9 Å². The van der Waals surface area contributed by atoms with E-state index >= 15 is 0 Å². The highest BCUT2D eigenvalue weighted by atomic mass is 32.2. The van der Waals surface area contributed by atoms with Crippen LogP contribution >= 0.6 is 23.1 Å². The molecule has 1 aliphatic rings. The van der Waals surface area contributed by atoms with Gasteiger partial charge in [0.2, 0.25) is 5.91 Å². The Labute approximate surface area is 155 Å². The van der Waals surface area contributed by atoms with Crippen LogP contribution in [0.5, 0.6) is 0 Å². The zero-order chi connectivity index (χ0) is 18.0. The van der Waals surface area contributed by atoms with Crippen molar-refractivity contribution >= 4 is 39.2 Å². The average Bonchev–Trinajstić information content (AvgIpc) is 2.93. The van der Waals surface area contributed by atoms with Crippen molar-refractivity contribution < 1.29 is 4.79 Å². The van der Waals surface area contributed by atoms with Crippen molar-refractivity contribution in [2.24, 2.45) is 0 Å². The Morgan fingerprint density at radius 2 is 2.20 bits per heavy atom. The molecule has 0 atom stereocenters. The van der Waals surface area contributed by atoms with E-state index in [0.717, 1.165) is 29.5 Å². The number of hydrogen-bond donors (Lipinski definition) is 1. The van der Waals surface area contributed by atoms with Gasteiger partial charge in [0.25, 0.3) is 5.56 Å². The zero-order valence-electron chi connectivity index (χ0n) is 14.6. The van der Waals surface area contributed by atoms with Gasteiger partial charge in [0.05, 0.1) is 11.1 Å². The minimum Gasteiger partial charge on any atom is -0.353 e. The number of thioether (sulfide) groups is 1. The van der Waals surface area contributed by atoms with Crippen LogP contribution in [-0.2, 0) is 24.2 Å². The first-order chi connectivity index (χ1) is 12.0. The topological polar surface area (TPSA) is 64.0 Å². The highest BCUT2D eigenvalue weighted by molar-refractivity contribution is 7.99. The average molecular weight is 378 g/mol. The molecule has 7 heteroatoms. The smallest absolute Gasteiger partial charge is 0.263 e. The Morgan fingerprint density at radius 1 is 1.44 bits per heavy atom. The van der Waals surface area contributed by atoms with E-state index in [1.807, 2.05) is 13.8 Å². The lowest BCUT2D eigenvalue weighted by molar-refractivity contribution is -0.119. The number of rotatable bonds is 6. The van der Waals surface area contributed by atoms with Crippen molar-refractivity contribution in [1.82, 2.24) is 14.9 Å². The van der Waals surface area contributed by atoms with Crippen LogP contribution in [0.25, 0.3) is 10.2 Å². The standard InChI is InChI=1S/C18H23N3O2S2/c1-4-9-21-17(23)15-12-7-5-6-8-13(12)25-16(15)20-18(21)24-10-14(22)19-11(2)3/h4,11H,1,5-10H2,2-3H3,(H,19,22). The maximum absolute atomic E-state index is 13.1. The second-order valence-electron chi connectivity index (χ2n) is 6.50. The van der Waals surface area contributed by atoms with Gasteiger partial charge in [-0.05, 0) is 45.1 Å². The molecule has 5 nitrogen and oxygen atoms in total. The molecular formula is C18H23N3O2S2. The van der Waals surface area contributed by atoms with Gasteiger partial charge in [-0.15, -0.1) is 17.9 Å². The van der Waals surface area contributed by atoms with E-state index in [1.165, 1.54) is 28.6 Å². The van der Waals surface area contributed by atoms with Crippen molar-refractivity contribution in [1.29, 1.82) is 0 Å². The Hall–Kier alpha value is -1.60. The number of nitrogens with zero attached hydrogens (tertiary/aromatic N) is 2. The molecule has 0 aromatic carbocycles. The fraction of sp³-hybridized carbons (Fsp3) is 0.500. The van der Waals surface area contributed by atoms with E-state index in [0.29, 0.717) is 11.7 Å². The summed E-state index contributed by atoms with van der Waals surface area (Å²) in [6, 6.07) is 0.0999. The molecule has 1 N–H and O–H groups in total. The Morgan fingerprint density at radius 3 is 2.92 bits per heavy atom. The van der Waals surface area contributed by atoms with Crippen LogP contribution in [0.4, 0.5) is 0 Å². The summed E-state index contributed by atoms with van der Waals surface area (Å²) in [6.07, 6.45) is 6.01. The lowest BCUT2D eigenvalue weighted by Crippen LogP contribution is -2.32. The molecule has 134 valence electrons. The molecule has 1 aliphatic carbocycles. The van der Waals surface area contributed by atoms with Gasteiger partial charge >= 0.3 is 0 Å². The quantitative estimate of drug-likeness (QED) is 0.477. The maximum atomic E-state index is 13.1. The first-order valence-electron chi connectivity index (χ1n) is 8.59. The maximum Gasteiger partial charge on any atom is 0.263 e. The Balaban J connectivity index is 1.99. The minimum atomic E-state index is -0.0510. The normalized spacial score (nSPS) is 13.9. The van der Waals surface area contributed by atoms with Crippen LogP contribution in [-0.4, -0.2) is 27.3 Å². The van der Waals surface area contributed by atoms with Crippen LogP contribution in [0, 0.1) is 0 Å². The van der Waals surface area contributed by atoms with Crippen molar-refractivity contribution in [3.8, 4) is 0 Å². The van der Waals surface area contributed by atoms with Gasteiger partial charge in [0.1, 0.15) is 4.83 Å². The van der Waals surface area contributed by atoms with Crippen molar-refractivity contribution in [2.75, 3.05) is 5.75 Å². The number of allylic oxidation sites excluding steroid dienone is 1. The van der Waals surface area contributed by atoms with Crippen LogP contribution in [0.3, 0.4) is 0 Å². The number of amides is 1. The highest BCUT2D eigenvalue weighted by Gasteiger charge is 2.22. The number of fused-ring (bicyclic) bond motifs is 3. The highest BCUT2D eigenvalue weighted by Crippen LogP contribution is 2.34. The van der Waals surface area contributed by atoms with Crippen molar-refractivity contribution in [2.45, 2.75) is 57.3 Å². The molecule has 0 unspecified atom stereocenters. The summed E-state index contributed by atoms with van der Waals surface area (Å²) < 4.78 is 1.64. The molecule has 0 saturated carbocycles. The van der Waals surface area contributed by atoms with Gasteiger partial charge in [0, 0.05) is 17.5 Å². The summed E-state index contributed by atoms with van der Waals surface area (Å²) in [6.45, 7) is 8.01. The van der Waals surface area contributed by atoms with Gasteiger partial charge in [-0.2, -0.15) is 0 Å². The van der Waals surface area contributed by atoms with Crippen LogP contribution in [0.2, 0.25) is 0 Å². The first-order valence-corrected chi connectivity index (χ1v) is 10.4. The van der Waals surface area contributed by atoms with E-state index in [4.69, 9.17) is 4.98 Å². The Bertz CT molecular complexity index is 867. The fourth-order valence-corrected chi connectivity index (χ4v) is 5.24. The third-order valence-electron chi connectivity index (χ3n) is 4.13. The summed E-state index contributed by atoms with van der Waals surface area (Å²) in [4.78, 5) is 31.8. The summed E-state index contributed by atoms with van der Waals surface area (Å²) in [5.41, 5.74) is 1.19. The molecular weight excluding hydrogens is 354 g/mol. The van der Waals surface area contributed by atoms with E-state index < -0.39 is 0 Å². The van der Waals surface area contributed by atoms with Gasteiger partial charge in [-0.25, -0.2) is 4.98 Å². The van der Waals surface area contributed by atoms with Crippen molar-refractivity contribution in [3.05, 3.63) is 33.4 Å². The van der Waals surface area contributed by atoms with Gasteiger partial charge < -0.3 is 5.32 Å². The Kier molecular flexibility index (Phi) is 5.64. The minimum absolute atomic E-state index is 0.00364. The lowest BCUT2D eigenvalue weighted by atomic mass is 9.97. The SMILES string of the molecule is C=CCn1c(SCC(=O)NC(C)C)nc2sc3c(c2c1=O)CCCC3. The number of nitrogens with one attached hydrogen (secondary N) is 1. The zero-order valence-corrected chi connectivity index (χ0v) is 16.3. The van der Waals surface area contributed by atoms with Crippen LogP contribution in [0.1, 0.15) is 37.1 Å². The molecule has 0 saturated heterocycles. The fourth-order valence-electron chi connectivity index (χ4n) is 3.11. The number of thiophene rings is 1. The lowest BCUT2D eigenvalue weighted by Gasteiger charge is -2.12. The molecule has 3 rings (SSSR count).